The topological polar surface area (TPSA) is 29.5 Å². The highest BCUT2D eigenvalue weighted by atomic mass is 35.5. The number of hydrogen-bond acceptors (Lipinski definition) is 3. The van der Waals surface area contributed by atoms with Crippen LogP contribution in [-0.2, 0) is 9.53 Å². The lowest BCUT2D eigenvalue weighted by atomic mass is 10.1. The van der Waals surface area contributed by atoms with E-state index in [-0.39, 0.29) is 12.7 Å². The lowest BCUT2D eigenvalue weighted by Gasteiger charge is -2.28. The Hall–Kier alpha value is -0.120. The van der Waals surface area contributed by atoms with Crippen LogP contribution < -0.4 is 0 Å². The number of carbonyl (C=O) groups is 1. The molecule has 0 N–H and O–H groups in total. The second kappa shape index (κ2) is 4.80. The van der Waals surface area contributed by atoms with Crippen LogP contribution in [0.15, 0.2) is 0 Å². The van der Waals surface area contributed by atoms with Crippen molar-refractivity contribution in [1.29, 1.82) is 0 Å². The van der Waals surface area contributed by atoms with Crippen molar-refractivity contribution in [2.75, 3.05) is 26.7 Å². The third kappa shape index (κ3) is 3.52. The predicted molar refractivity (Wildman–Crippen MR) is 47.3 cm³/mol. The predicted octanol–water partition coefficient (Wildman–Crippen LogP) is 0.863. The molecule has 1 fully saturated rings. The van der Waals surface area contributed by atoms with E-state index in [2.05, 4.69) is 11.9 Å². The van der Waals surface area contributed by atoms with Crippen molar-refractivity contribution in [2.45, 2.75) is 18.9 Å². The number of nitrogens with zero attached hydrogens (tertiary/aromatic N) is 1. The fourth-order valence-electron chi connectivity index (χ4n) is 1.33. The highest BCUT2D eigenvalue weighted by Crippen LogP contribution is 2.11. The summed E-state index contributed by atoms with van der Waals surface area (Å²) in [6, 6.07) is 0. The number of carbonyl (C=O) groups excluding carboxylic acids is 1. The Balaban J connectivity index is 2.13. The lowest BCUT2D eigenvalue weighted by Crippen LogP contribution is -2.34. The van der Waals surface area contributed by atoms with E-state index in [4.69, 9.17) is 16.3 Å². The SMILES string of the molecule is CN1CCC(OCC(=O)Cl)CC1. The van der Waals surface area contributed by atoms with Crippen molar-refractivity contribution < 1.29 is 9.53 Å². The summed E-state index contributed by atoms with van der Waals surface area (Å²) in [7, 11) is 2.09. The third-order valence-corrected chi connectivity index (χ3v) is 2.21. The van der Waals surface area contributed by atoms with Gasteiger partial charge in [-0.1, -0.05) is 0 Å². The first-order chi connectivity index (χ1) is 5.68. The average molecular weight is 192 g/mol. The van der Waals surface area contributed by atoms with E-state index < -0.39 is 5.24 Å². The van der Waals surface area contributed by atoms with Crippen LogP contribution in [-0.4, -0.2) is 43.0 Å². The molecule has 0 unspecified atom stereocenters. The third-order valence-electron chi connectivity index (χ3n) is 2.10. The Labute approximate surface area is 77.6 Å². The molecule has 0 radical (unpaired) electrons. The van der Waals surface area contributed by atoms with Gasteiger partial charge in [-0.3, -0.25) is 4.79 Å². The summed E-state index contributed by atoms with van der Waals surface area (Å²) in [5, 5.41) is -0.408. The van der Waals surface area contributed by atoms with E-state index in [9.17, 15) is 4.79 Å². The zero-order chi connectivity index (χ0) is 8.97. The standard InChI is InChI=1S/C8H14ClNO2/c1-10-4-2-7(3-5-10)12-6-8(9)11/h7H,2-6H2,1H3. The van der Waals surface area contributed by atoms with Crippen LogP contribution >= 0.6 is 11.6 Å². The Morgan fingerprint density at radius 1 is 1.58 bits per heavy atom. The van der Waals surface area contributed by atoms with Gasteiger partial charge in [-0.25, -0.2) is 0 Å². The van der Waals surface area contributed by atoms with Crippen molar-refractivity contribution >= 4 is 16.8 Å². The average Bonchev–Trinajstić information content (AvgIpc) is 2.03. The summed E-state index contributed by atoms with van der Waals surface area (Å²) in [6.07, 6.45) is 2.23. The van der Waals surface area contributed by atoms with Gasteiger partial charge in [-0.15, -0.1) is 0 Å². The van der Waals surface area contributed by atoms with Crippen LogP contribution in [0.1, 0.15) is 12.8 Å². The molecule has 1 rings (SSSR count). The molecule has 0 aromatic rings. The van der Waals surface area contributed by atoms with E-state index in [0.717, 1.165) is 25.9 Å². The maximum Gasteiger partial charge on any atom is 0.247 e. The maximum atomic E-state index is 10.4. The van der Waals surface area contributed by atoms with Gasteiger partial charge >= 0.3 is 0 Å². The highest BCUT2D eigenvalue weighted by Gasteiger charge is 2.17. The molecule has 1 heterocycles. The van der Waals surface area contributed by atoms with Gasteiger partial charge in [0.2, 0.25) is 5.24 Å². The molecule has 0 aliphatic carbocycles. The van der Waals surface area contributed by atoms with Crippen LogP contribution in [0.2, 0.25) is 0 Å². The molecular weight excluding hydrogens is 178 g/mol. The number of hydrogen-bond donors (Lipinski definition) is 0. The summed E-state index contributed by atoms with van der Waals surface area (Å²) in [6.45, 7) is 2.14. The Bertz CT molecular complexity index is 155. The van der Waals surface area contributed by atoms with Crippen LogP contribution in [0.4, 0.5) is 0 Å². The number of halogens is 1. The summed E-state index contributed by atoms with van der Waals surface area (Å²) >= 11 is 5.15. The smallest absolute Gasteiger partial charge is 0.247 e. The Morgan fingerprint density at radius 2 is 2.17 bits per heavy atom. The number of likely N-dealkylation sites (tertiary alicyclic amines) is 1. The molecular formula is C8H14ClNO2. The van der Waals surface area contributed by atoms with Gasteiger partial charge in [-0.05, 0) is 31.5 Å². The van der Waals surface area contributed by atoms with Crippen molar-refractivity contribution in [2.24, 2.45) is 0 Å². The molecule has 1 saturated heterocycles. The van der Waals surface area contributed by atoms with E-state index in [1.54, 1.807) is 0 Å². The van der Waals surface area contributed by atoms with Gasteiger partial charge in [0.25, 0.3) is 0 Å². The second-order valence-corrected chi connectivity index (χ2v) is 3.59. The van der Waals surface area contributed by atoms with Crippen molar-refractivity contribution in [3.63, 3.8) is 0 Å². The molecule has 0 spiro atoms. The van der Waals surface area contributed by atoms with Gasteiger partial charge in [0.1, 0.15) is 6.61 Å². The zero-order valence-electron chi connectivity index (χ0n) is 7.25. The maximum absolute atomic E-state index is 10.4. The first kappa shape index (κ1) is 9.96. The largest absolute Gasteiger partial charge is 0.369 e. The highest BCUT2D eigenvalue weighted by molar-refractivity contribution is 6.63. The second-order valence-electron chi connectivity index (χ2n) is 3.17. The summed E-state index contributed by atoms with van der Waals surface area (Å²) < 4.78 is 5.28. The lowest BCUT2D eigenvalue weighted by molar-refractivity contribution is -0.118. The fraction of sp³-hybridized carbons (Fsp3) is 0.875. The van der Waals surface area contributed by atoms with Crippen molar-refractivity contribution in [3.8, 4) is 0 Å². The first-order valence-electron chi connectivity index (χ1n) is 4.17. The van der Waals surface area contributed by atoms with E-state index in [1.165, 1.54) is 0 Å². The molecule has 0 aromatic heterocycles. The minimum Gasteiger partial charge on any atom is -0.369 e. The van der Waals surface area contributed by atoms with Crippen LogP contribution in [0, 0.1) is 0 Å². The summed E-state index contributed by atoms with van der Waals surface area (Å²) in [4.78, 5) is 12.6. The van der Waals surface area contributed by atoms with E-state index >= 15 is 0 Å². The minimum atomic E-state index is -0.408. The van der Waals surface area contributed by atoms with Crippen LogP contribution in [0.3, 0.4) is 0 Å². The molecule has 4 heteroatoms. The van der Waals surface area contributed by atoms with Gasteiger partial charge in [-0.2, -0.15) is 0 Å². The number of piperidine rings is 1. The quantitative estimate of drug-likeness (QED) is 0.620. The minimum absolute atomic E-state index is 0.0515. The zero-order valence-corrected chi connectivity index (χ0v) is 8.01. The monoisotopic (exact) mass is 191 g/mol. The molecule has 0 bridgehead atoms. The molecule has 3 nitrogen and oxygen atoms in total. The summed E-state index contributed by atoms with van der Waals surface area (Å²) in [5.74, 6) is 0. The number of rotatable bonds is 3. The fourth-order valence-corrected chi connectivity index (χ4v) is 1.40. The summed E-state index contributed by atoms with van der Waals surface area (Å²) in [5.41, 5.74) is 0. The van der Waals surface area contributed by atoms with Gasteiger partial charge in [0.15, 0.2) is 0 Å². The van der Waals surface area contributed by atoms with Gasteiger partial charge in [0, 0.05) is 13.1 Å². The van der Waals surface area contributed by atoms with Crippen LogP contribution in [0.5, 0.6) is 0 Å². The molecule has 70 valence electrons. The molecule has 0 aromatic carbocycles. The molecule has 1 aliphatic heterocycles. The van der Waals surface area contributed by atoms with Gasteiger partial charge in [0.05, 0.1) is 6.10 Å². The van der Waals surface area contributed by atoms with Crippen molar-refractivity contribution in [3.05, 3.63) is 0 Å². The van der Waals surface area contributed by atoms with Crippen molar-refractivity contribution in [1.82, 2.24) is 4.90 Å². The van der Waals surface area contributed by atoms with E-state index in [1.807, 2.05) is 0 Å². The first-order valence-corrected chi connectivity index (χ1v) is 4.55. The molecule has 0 atom stereocenters. The van der Waals surface area contributed by atoms with E-state index in [0.29, 0.717) is 0 Å². The molecule has 0 amide bonds. The Kier molecular flexibility index (Phi) is 3.98. The van der Waals surface area contributed by atoms with Crippen LogP contribution in [0.25, 0.3) is 0 Å². The normalized spacial score (nSPS) is 21.2. The molecule has 1 aliphatic rings. The molecule has 0 saturated carbocycles. The Morgan fingerprint density at radius 3 is 2.67 bits per heavy atom. The molecule has 12 heavy (non-hydrogen) atoms. The number of ether oxygens (including phenoxy) is 1. The van der Waals surface area contributed by atoms with Gasteiger partial charge < -0.3 is 9.64 Å².